The Labute approximate surface area is 103 Å². The van der Waals surface area contributed by atoms with Gasteiger partial charge in [0.15, 0.2) is 11.5 Å². The quantitative estimate of drug-likeness (QED) is 0.487. The third-order valence-corrected chi connectivity index (χ3v) is 2.75. The van der Waals surface area contributed by atoms with Gasteiger partial charge in [-0.15, -0.1) is 0 Å². The summed E-state index contributed by atoms with van der Waals surface area (Å²) in [5, 5.41) is 9.71. The maximum atomic E-state index is 12.1. The summed E-state index contributed by atoms with van der Waals surface area (Å²) < 4.78 is 0. The summed E-state index contributed by atoms with van der Waals surface area (Å²) in [5.41, 5.74) is 6.44. The molecule has 0 bridgehead atoms. The molecule has 86 valence electrons. The molecule has 0 saturated heterocycles. The number of carbonyl (C=O) groups is 1. The average Bonchev–Trinajstić information content (AvgIpc) is 2.36. The molecule has 0 fully saturated rings. The minimum Gasteiger partial charge on any atom is -0.504 e. The number of nitrogen functional groups attached to an aromatic ring is 1. The predicted octanol–water partition coefficient (Wildman–Crippen LogP) is 2.86. The molecule has 0 aliphatic heterocycles. The zero-order chi connectivity index (χ0) is 12.4. The summed E-state index contributed by atoms with van der Waals surface area (Å²) in [6.07, 6.45) is 0. The number of phenolic OH excluding ortho intramolecular Hbond substituents is 1. The highest BCUT2D eigenvalue weighted by molar-refractivity contribution is 6.33. The second-order valence-corrected chi connectivity index (χ2v) is 3.96. The van der Waals surface area contributed by atoms with Gasteiger partial charge in [0.25, 0.3) is 0 Å². The number of ketones is 1. The summed E-state index contributed by atoms with van der Waals surface area (Å²) in [5.74, 6) is -0.497. The van der Waals surface area contributed by atoms with Crippen LogP contribution in [0.15, 0.2) is 42.5 Å². The topological polar surface area (TPSA) is 63.3 Å². The highest BCUT2D eigenvalue weighted by atomic mass is 35.5. The Morgan fingerprint density at radius 2 is 1.76 bits per heavy atom. The summed E-state index contributed by atoms with van der Waals surface area (Å²) >= 11 is 5.70. The summed E-state index contributed by atoms with van der Waals surface area (Å²) in [6, 6.07) is 11.7. The van der Waals surface area contributed by atoms with Crippen molar-refractivity contribution in [2.24, 2.45) is 0 Å². The molecule has 0 atom stereocenters. The number of hydrogen-bond acceptors (Lipinski definition) is 3. The molecule has 3 N–H and O–H groups in total. The van der Waals surface area contributed by atoms with Crippen LogP contribution in [0.3, 0.4) is 0 Å². The molecule has 0 unspecified atom stereocenters. The molecule has 4 heteroatoms. The zero-order valence-electron chi connectivity index (χ0n) is 8.85. The van der Waals surface area contributed by atoms with Gasteiger partial charge in [0.1, 0.15) is 0 Å². The number of nitrogens with two attached hydrogens (primary N) is 1. The highest BCUT2D eigenvalue weighted by Gasteiger charge is 2.16. The Bertz CT molecular complexity index is 567. The van der Waals surface area contributed by atoms with Crippen molar-refractivity contribution in [3.8, 4) is 5.75 Å². The molecule has 0 radical (unpaired) electrons. The van der Waals surface area contributed by atoms with E-state index in [1.54, 1.807) is 24.3 Å². The largest absolute Gasteiger partial charge is 0.504 e. The van der Waals surface area contributed by atoms with E-state index in [-0.39, 0.29) is 27.8 Å². The lowest BCUT2D eigenvalue weighted by atomic mass is 10.0. The van der Waals surface area contributed by atoms with Crippen molar-refractivity contribution in [1.82, 2.24) is 0 Å². The van der Waals surface area contributed by atoms with E-state index >= 15 is 0 Å². The van der Waals surface area contributed by atoms with Crippen LogP contribution in [0.2, 0.25) is 5.02 Å². The Morgan fingerprint density at radius 3 is 2.41 bits per heavy atom. The molecule has 17 heavy (non-hydrogen) atoms. The Kier molecular flexibility index (Phi) is 3.02. The van der Waals surface area contributed by atoms with E-state index in [4.69, 9.17) is 17.3 Å². The van der Waals surface area contributed by atoms with Gasteiger partial charge < -0.3 is 10.8 Å². The van der Waals surface area contributed by atoms with Crippen molar-refractivity contribution in [3.05, 3.63) is 58.6 Å². The van der Waals surface area contributed by atoms with Gasteiger partial charge in [-0.05, 0) is 12.1 Å². The van der Waals surface area contributed by atoms with Gasteiger partial charge in [0, 0.05) is 11.1 Å². The van der Waals surface area contributed by atoms with E-state index in [1.807, 2.05) is 6.07 Å². The SMILES string of the molecule is Nc1c(C(=O)c2ccccc2)ccc(Cl)c1O. The predicted molar refractivity (Wildman–Crippen MR) is 67.4 cm³/mol. The minimum absolute atomic E-state index is 0.00588. The van der Waals surface area contributed by atoms with Gasteiger partial charge in [-0.3, -0.25) is 4.79 Å². The van der Waals surface area contributed by atoms with E-state index in [9.17, 15) is 9.90 Å². The van der Waals surface area contributed by atoms with Crippen LogP contribution in [0, 0.1) is 0 Å². The molecule has 2 aromatic carbocycles. The number of rotatable bonds is 2. The second-order valence-electron chi connectivity index (χ2n) is 3.55. The van der Waals surface area contributed by atoms with E-state index in [0.29, 0.717) is 5.56 Å². The molecule has 0 heterocycles. The van der Waals surface area contributed by atoms with Crippen molar-refractivity contribution in [2.45, 2.75) is 0 Å². The number of phenols is 1. The van der Waals surface area contributed by atoms with Crippen molar-refractivity contribution in [3.63, 3.8) is 0 Å². The lowest BCUT2D eigenvalue weighted by Gasteiger charge is -2.07. The number of anilines is 1. The van der Waals surface area contributed by atoms with Crippen LogP contribution in [0.5, 0.6) is 5.75 Å². The zero-order valence-corrected chi connectivity index (χ0v) is 9.61. The normalized spacial score (nSPS) is 10.2. The number of aromatic hydroxyl groups is 1. The Morgan fingerprint density at radius 1 is 1.12 bits per heavy atom. The van der Waals surface area contributed by atoms with Gasteiger partial charge in [-0.1, -0.05) is 41.9 Å². The van der Waals surface area contributed by atoms with Crippen molar-refractivity contribution in [1.29, 1.82) is 0 Å². The van der Waals surface area contributed by atoms with Gasteiger partial charge in [-0.2, -0.15) is 0 Å². The van der Waals surface area contributed by atoms with Crippen molar-refractivity contribution >= 4 is 23.1 Å². The molecule has 0 aliphatic carbocycles. The monoisotopic (exact) mass is 247 g/mol. The van der Waals surface area contributed by atoms with Crippen molar-refractivity contribution < 1.29 is 9.90 Å². The van der Waals surface area contributed by atoms with Crippen molar-refractivity contribution in [2.75, 3.05) is 5.73 Å². The summed E-state index contributed by atoms with van der Waals surface area (Å²) in [6.45, 7) is 0. The first-order valence-electron chi connectivity index (χ1n) is 4.98. The smallest absolute Gasteiger partial charge is 0.195 e. The van der Waals surface area contributed by atoms with Crippen LogP contribution in [-0.4, -0.2) is 10.9 Å². The molecule has 2 aromatic rings. The molecular weight excluding hydrogens is 238 g/mol. The molecule has 3 nitrogen and oxygen atoms in total. The molecule has 0 aromatic heterocycles. The molecule has 2 rings (SSSR count). The average molecular weight is 248 g/mol. The number of halogens is 1. The maximum Gasteiger partial charge on any atom is 0.195 e. The van der Waals surface area contributed by atoms with Gasteiger partial charge in [0.2, 0.25) is 0 Å². The standard InChI is InChI=1S/C13H10ClNO2/c14-10-7-6-9(11(15)13(10)17)12(16)8-4-2-1-3-5-8/h1-7,17H,15H2. The summed E-state index contributed by atoms with van der Waals surface area (Å²) in [4.78, 5) is 12.1. The lowest BCUT2D eigenvalue weighted by molar-refractivity contribution is 0.103. The van der Waals surface area contributed by atoms with Crippen LogP contribution in [0.4, 0.5) is 5.69 Å². The van der Waals surface area contributed by atoms with Crippen LogP contribution >= 0.6 is 11.6 Å². The van der Waals surface area contributed by atoms with Crippen LogP contribution in [0.1, 0.15) is 15.9 Å². The third-order valence-electron chi connectivity index (χ3n) is 2.45. The fourth-order valence-corrected chi connectivity index (χ4v) is 1.69. The van der Waals surface area contributed by atoms with E-state index < -0.39 is 0 Å². The fourth-order valence-electron chi connectivity index (χ4n) is 1.52. The van der Waals surface area contributed by atoms with Crippen LogP contribution in [0.25, 0.3) is 0 Å². The molecule has 0 aliphatic rings. The van der Waals surface area contributed by atoms with E-state index in [2.05, 4.69) is 0 Å². The van der Waals surface area contributed by atoms with Crippen LogP contribution in [-0.2, 0) is 0 Å². The minimum atomic E-state index is -0.256. The van der Waals surface area contributed by atoms with Crippen LogP contribution < -0.4 is 5.73 Å². The number of hydrogen-bond donors (Lipinski definition) is 2. The second kappa shape index (κ2) is 4.47. The first-order valence-corrected chi connectivity index (χ1v) is 5.35. The van der Waals surface area contributed by atoms with E-state index in [0.717, 1.165) is 0 Å². The molecule has 0 spiro atoms. The molecular formula is C13H10ClNO2. The first kappa shape index (κ1) is 11.5. The van der Waals surface area contributed by atoms with Gasteiger partial charge in [0.05, 0.1) is 10.7 Å². The first-order chi connectivity index (χ1) is 8.11. The molecule has 0 saturated carbocycles. The Hall–Kier alpha value is -2.00. The number of carbonyl (C=O) groups excluding carboxylic acids is 1. The highest BCUT2D eigenvalue weighted by Crippen LogP contribution is 2.33. The third kappa shape index (κ3) is 2.10. The lowest BCUT2D eigenvalue weighted by Crippen LogP contribution is -2.05. The Balaban J connectivity index is 2.49. The van der Waals surface area contributed by atoms with Gasteiger partial charge in [-0.25, -0.2) is 0 Å². The number of benzene rings is 2. The fraction of sp³-hybridized carbons (Fsp3) is 0. The maximum absolute atomic E-state index is 12.1. The molecule has 0 amide bonds. The summed E-state index contributed by atoms with van der Waals surface area (Å²) in [7, 11) is 0. The van der Waals surface area contributed by atoms with E-state index in [1.165, 1.54) is 12.1 Å². The van der Waals surface area contributed by atoms with Gasteiger partial charge >= 0.3 is 0 Å².